The van der Waals surface area contributed by atoms with Crippen LogP contribution >= 0.6 is 0 Å². The Labute approximate surface area is 839 Å². The van der Waals surface area contributed by atoms with Crippen LogP contribution in [0.3, 0.4) is 0 Å². The van der Waals surface area contributed by atoms with E-state index in [1.54, 1.807) is 0 Å². The number of rotatable bonds is 16. The number of pyridine rings is 9. The van der Waals surface area contributed by atoms with Crippen LogP contribution in [0, 0.1) is 0 Å². The van der Waals surface area contributed by atoms with Gasteiger partial charge in [-0.3, -0.25) is 49.0 Å². The van der Waals surface area contributed by atoms with Crippen LogP contribution < -0.4 is 0 Å². The van der Waals surface area contributed by atoms with E-state index in [4.69, 9.17) is 54.8 Å². The fourth-order valence-electron chi connectivity index (χ4n) is 20.5. The van der Waals surface area contributed by atoms with Gasteiger partial charge < -0.3 is 0 Å². The van der Waals surface area contributed by atoms with Gasteiger partial charge in [-0.15, -0.1) is 0 Å². The molecular weight excluding hydrogens is 1780 g/mol. The summed E-state index contributed by atoms with van der Waals surface area (Å²) in [5.74, 6) is 1.65. The maximum absolute atomic E-state index is 5.70. The molecule has 0 atom stereocenters. The number of para-hydroxylation sites is 14. The molecule has 0 radical (unpaired) electrons. The predicted molar refractivity (Wildman–Crippen MR) is 598 cm³/mol. The summed E-state index contributed by atoms with van der Waals surface area (Å²) in [5, 5.41) is 8.62. The van der Waals surface area contributed by atoms with Crippen molar-refractivity contribution >= 4 is 109 Å². The molecule has 146 heavy (non-hydrogen) atoms. The van der Waals surface area contributed by atoms with Crippen molar-refractivity contribution in [1.29, 1.82) is 0 Å². The van der Waals surface area contributed by atoms with Crippen LogP contribution in [-0.2, 0) is 0 Å². The smallest absolute Gasteiger partial charge is 0.145 e. The summed E-state index contributed by atoms with van der Waals surface area (Å²) < 4.78 is 4.54. The second-order valence-corrected chi connectivity index (χ2v) is 37.1. The molecule has 0 N–H and O–H groups in total. The first kappa shape index (κ1) is 85.3. The minimum atomic E-state index is 0.788. The Morgan fingerprint density at radius 2 is 0.295 bits per heavy atom. The van der Waals surface area contributed by atoms with Crippen molar-refractivity contribution in [2.24, 2.45) is 0 Å². The number of aromatic nitrogens is 13. The molecule has 0 aliphatic rings. The average Bonchev–Trinajstić information content (AvgIpc) is 1.48. The highest BCUT2D eigenvalue weighted by Crippen LogP contribution is 2.46. The van der Waals surface area contributed by atoms with Gasteiger partial charge >= 0.3 is 0 Å². The molecule has 28 aromatic rings. The number of hydrogen-bond donors (Lipinski definition) is 0. The second-order valence-electron chi connectivity index (χ2n) is 37.1. The van der Waals surface area contributed by atoms with E-state index in [9.17, 15) is 0 Å². The Morgan fingerprint density at radius 1 is 0.123 bits per heavy atom. The largest absolute Gasteiger partial charge is 0.292 e. The van der Waals surface area contributed by atoms with E-state index in [0.29, 0.717) is 0 Å². The zero-order valence-corrected chi connectivity index (χ0v) is 78.7. The van der Waals surface area contributed by atoms with Crippen LogP contribution in [0.25, 0.3) is 277 Å². The van der Waals surface area contributed by atoms with E-state index in [2.05, 4.69) is 403 Å². The van der Waals surface area contributed by atoms with Crippen LogP contribution in [0.4, 0.5) is 0 Å². The standard InChI is InChI=1S/C67H42N6.C66H41N7/c1-2-18-60(19-3-1)73-66-25-13-12-24-65(66)72-67(73)55-37-49(47-31-51(56-26-43-14-4-8-20-61(43)68-39-56)35-52(32-47)57-27-44-15-5-9-21-62(44)69-40-57)30-50(38-55)48-33-53(58-28-45-16-6-10-22-63(45)70-41-58)36-54(34-48)59-29-46-17-7-11-23-64(46)71-42-59;1-2-18-57(19-3-1)73-65-25-13-12-24-62(65)72-66(73)52-36-63(50-32-46(53-26-42-14-4-8-20-58(42)67-38-53)30-47(33-50)54-27-43-15-5-9-21-59(43)68-39-54)71-64(37-52)51-34-48(55-28-44-16-6-10-22-60(44)69-40-55)31-49(35-51)56-29-45-17-7-11-23-61(45)70-41-56/h1-42H;1-41H. The fraction of sp³-hybridized carbons (Fsp3) is 0. The Kier molecular flexibility index (Phi) is 21.3. The van der Waals surface area contributed by atoms with Crippen molar-refractivity contribution in [1.82, 2.24) is 64.0 Å². The summed E-state index contributed by atoms with van der Waals surface area (Å²) in [7, 11) is 0. The van der Waals surface area contributed by atoms with Gasteiger partial charge in [0.15, 0.2) is 0 Å². The van der Waals surface area contributed by atoms with Gasteiger partial charge in [0.25, 0.3) is 0 Å². The quantitative estimate of drug-likeness (QED) is 0.0909. The fourth-order valence-corrected chi connectivity index (χ4v) is 20.5. The predicted octanol–water partition coefficient (Wildman–Crippen LogP) is 33.2. The number of hydrogen-bond acceptors (Lipinski definition) is 11. The van der Waals surface area contributed by atoms with E-state index in [0.717, 1.165) is 277 Å². The molecule has 0 bridgehead atoms. The third-order valence-corrected chi connectivity index (χ3v) is 27.8. The van der Waals surface area contributed by atoms with Gasteiger partial charge in [-0.25, -0.2) is 15.0 Å². The van der Waals surface area contributed by atoms with Gasteiger partial charge in [0.2, 0.25) is 0 Å². The maximum atomic E-state index is 5.70. The van der Waals surface area contributed by atoms with Gasteiger partial charge in [0.05, 0.1) is 77.6 Å². The zero-order valence-electron chi connectivity index (χ0n) is 78.7. The Balaban J connectivity index is 0.000000145. The molecule has 0 spiro atoms. The van der Waals surface area contributed by atoms with E-state index >= 15 is 0 Å². The van der Waals surface area contributed by atoms with Gasteiger partial charge in [0, 0.05) is 171 Å². The zero-order chi connectivity index (χ0) is 96.5. The van der Waals surface area contributed by atoms with Crippen LogP contribution in [0.1, 0.15) is 0 Å². The lowest BCUT2D eigenvalue weighted by atomic mass is 9.89. The molecule has 13 nitrogen and oxygen atoms in total. The van der Waals surface area contributed by atoms with Crippen molar-refractivity contribution in [2.45, 2.75) is 0 Å². The molecule has 0 unspecified atom stereocenters. The first-order valence-corrected chi connectivity index (χ1v) is 48.9. The molecule has 0 fully saturated rings. The summed E-state index contributed by atoms with van der Waals surface area (Å²) in [6.45, 7) is 0. The Bertz CT molecular complexity index is 8660. The summed E-state index contributed by atoms with van der Waals surface area (Å²) in [5.41, 5.74) is 39.5. The summed E-state index contributed by atoms with van der Waals surface area (Å²) >= 11 is 0. The van der Waals surface area contributed by atoms with E-state index in [-0.39, 0.29) is 0 Å². The lowest BCUT2D eigenvalue weighted by Crippen LogP contribution is -1.99. The van der Waals surface area contributed by atoms with Gasteiger partial charge in [-0.05, 0) is 315 Å². The van der Waals surface area contributed by atoms with Crippen molar-refractivity contribution in [3.05, 3.63) is 505 Å². The molecule has 0 saturated heterocycles. The topological polar surface area (TPSA) is 152 Å². The van der Waals surface area contributed by atoms with Gasteiger partial charge in [-0.1, -0.05) is 206 Å². The van der Waals surface area contributed by atoms with E-state index < -0.39 is 0 Å². The van der Waals surface area contributed by atoms with Crippen molar-refractivity contribution in [2.75, 3.05) is 0 Å². The summed E-state index contributed by atoms with van der Waals surface area (Å²) in [6.07, 6.45) is 15.8. The SMILES string of the molecule is c1ccc(-n2c(-c3cc(-c4cc(-c5cnc6ccccc6c5)cc(-c5cnc6ccccc6c5)c4)cc(-c4cc(-c5cnc6ccccc6c5)cc(-c5cnc6ccccc6c5)c4)c3)nc3ccccc32)cc1.c1ccc(-n2c(-c3cc(-c4cc(-c5cnc6ccccc6c5)cc(-c5cnc6ccccc6c5)c4)nc(-c4cc(-c5cnc6ccccc6c5)cc(-c5cnc6ccccc6c5)c4)c3)nc3ccccc32)cc1. The molecule has 11 aromatic heterocycles. The maximum Gasteiger partial charge on any atom is 0.145 e. The van der Waals surface area contributed by atoms with E-state index in [1.807, 2.05) is 110 Å². The molecule has 0 saturated carbocycles. The third-order valence-electron chi connectivity index (χ3n) is 27.8. The van der Waals surface area contributed by atoms with Crippen molar-refractivity contribution in [3.8, 4) is 168 Å². The van der Waals surface area contributed by atoms with E-state index in [1.165, 1.54) is 0 Å². The van der Waals surface area contributed by atoms with Crippen molar-refractivity contribution in [3.63, 3.8) is 0 Å². The highest BCUT2D eigenvalue weighted by atomic mass is 15.1. The molecule has 11 heterocycles. The highest BCUT2D eigenvalue weighted by Gasteiger charge is 2.25. The number of fused-ring (bicyclic) bond motifs is 10. The number of imidazole rings is 2. The normalized spacial score (nSPS) is 11.6. The summed E-state index contributed by atoms with van der Waals surface area (Å²) in [4.78, 5) is 56.0. The van der Waals surface area contributed by atoms with Crippen LogP contribution in [0.2, 0.25) is 0 Å². The molecular formula is C133H83N13. The summed E-state index contributed by atoms with van der Waals surface area (Å²) in [6, 6.07) is 160. The Hall–Kier alpha value is -19.9. The van der Waals surface area contributed by atoms with Crippen LogP contribution in [0.15, 0.2) is 505 Å². The number of benzene rings is 17. The molecule has 17 aromatic carbocycles. The molecule has 28 rings (SSSR count). The second kappa shape index (κ2) is 36.4. The lowest BCUT2D eigenvalue weighted by Gasteiger charge is -2.17. The van der Waals surface area contributed by atoms with Crippen LogP contribution in [0.5, 0.6) is 0 Å². The molecule has 13 heteroatoms. The monoisotopic (exact) mass is 1860 g/mol. The molecule has 0 amide bonds. The highest BCUT2D eigenvalue weighted by molar-refractivity contribution is 5.99. The lowest BCUT2D eigenvalue weighted by molar-refractivity contribution is 1.10. The minimum absolute atomic E-state index is 0.788. The van der Waals surface area contributed by atoms with Crippen molar-refractivity contribution < 1.29 is 0 Å². The first-order chi connectivity index (χ1) is 72.2. The van der Waals surface area contributed by atoms with Crippen LogP contribution in [-0.4, -0.2) is 64.0 Å². The van der Waals surface area contributed by atoms with Gasteiger partial charge in [0.1, 0.15) is 11.6 Å². The Morgan fingerprint density at radius 3 is 0.521 bits per heavy atom. The molecule has 680 valence electrons. The number of nitrogens with zero attached hydrogens (tertiary/aromatic N) is 13. The molecule has 0 aliphatic heterocycles. The average molecular weight is 1860 g/mol. The minimum Gasteiger partial charge on any atom is -0.292 e. The molecule has 0 aliphatic carbocycles. The third kappa shape index (κ3) is 16.5. The van der Waals surface area contributed by atoms with Gasteiger partial charge in [-0.2, -0.15) is 0 Å². The first-order valence-electron chi connectivity index (χ1n) is 48.9.